The third-order valence-corrected chi connectivity index (χ3v) is 6.58. The van der Waals surface area contributed by atoms with Gasteiger partial charge in [-0.1, -0.05) is 26.8 Å². The highest BCUT2D eigenvalue weighted by Gasteiger charge is 2.21. The predicted molar refractivity (Wildman–Crippen MR) is 139 cm³/mol. The van der Waals surface area contributed by atoms with Crippen LogP contribution in [0.5, 0.6) is 0 Å². The van der Waals surface area contributed by atoms with E-state index in [4.69, 9.17) is 4.99 Å². The molecule has 1 fully saturated rings. The molecule has 2 aliphatic rings. The molecule has 1 saturated heterocycles. The summed E-state index contributed by atoms with van der Waals surface area (Å²) in [4.78, 5) is 9.62. The summed E-state index contributed by atoms with van der Waals surface area (Å²) >= 11 is 0. The van der Waals surface area contributed by atoms with Gasteiger partial charge in [-0.05, 0) is 48.2 Å². The van der Waals surface area contributed by atoms with Crippen LogP contribution in [0.1, 0.15) is 32.9 Å². The van der Waals surface area contributed by atoms with Gasteiger partial charge in [0.15, 0.2) is 0 Å². The van der Waals surface area contributed by atoms with Crippen LogP contribution in [-0.2, 0) is 24.1 Å². The van der Waals surface area contributed by atoms with E-state index in [0.29, 0.717) is 5.70 Å². The molecule has 2 aliphatic heterocycles. The Kier molecular flexibility index (Phi) is 7.24. The van der Waals surface area contributed by atoms with Gasteiger partial charge in [-0.15, -0.1) is 0 Å². The molecule has 1 aromatic heterocycles. The van der Waals surface area contributed by atoms with Gasteiger partial charge in [-0.3, -0.25) is 4.90 Å². The molecule has 0 aliphatic carbocycles. The summed E-state index contributed by atoms with van der Waals surface area (Å²) in [6.45, 7) is 12.3. The molecule has 0 spiro atoms. The predicted octanol–water partition coefficient (Wildman–Crippen LogP) is 2.77. The molecule has 34 heavy (non-hydrogen) atoms. The van der Waals surface area contributed by atoms with Crippen LogP contribution in [0.4, 0.5) is 11.4 Å². The largest absolute Gasteiger partial charge is 0.369 e. The Bertz CT molecular complexity index is 1240. The van der Waals surface area contributed by atoms with Crippen LogP contribution in [0.2, 0.25) is 0 Å². The van der Waals surface area contributed by atoms with Crippen molar-refractivity contribution in [1.82, 2.24) is 9.47 Å². The lowest BCUT2D eigenvalue weighted by Gasteiger charge is -2.36. The van der Waals surface area contributed by atoms with Crippen molar-refractivity contribution in [3.05, 3.63) is 58.5 Å². The van der Waals surface area contributed by atoms with Gasteiger partial charge in [0.1, 0.15) is 28.2 Å². The van der Waals surface area contributed by atoms with Crippen molar-refractivity contribution in [3.63, 3.8) is 0 Å². The first-order valence-electron chi connectivity index (χ1n) is 11.8. The van der Waals surface area contributed by atoms with Gasteiger partial charge in [0.2, 0.25) is 0 Å². The van der Waals surface area contributed by atoms with E-state index in [-0.39, 0.29) is 5.41 Å². The molecule has 7 nitrogen and oxygen atoms in total. The van der Waals surface area contributed by atoms with E-state index in [2.05, 4.69) is 70.2 Å². The number of benzene rings is 1. The van der Waals surface area contributed by atoms with Crippen LogP contribution in [0.25, 0.3) is 6.08 Å². The molecule has 0 saturated carbocycles. The summed E-state index contributed by atoms with van der Waals surface area (Å²) in [5.41, 5.74) is 4.84. The highest BCUT2D eigenvalue weighted by molar-refractivity contribution is 7.85. The van der Waals surface area contributed by atoms with E-state index in [0.717, 1.165) is 62.1 Å². The number of anilines is 2. The molecule has 3 heterocycles. The normalized spacial score (nSPS) is 17.5. The van der Waals surface area contributed by atoms with E-state index in [1.54, 1.807) is 6.26 Å². The van der Waals surface area contributed by atoms with Crippen LogP contribution in [0.15, 0.2) is 47.1 Å². The number of allylic oxidation sites excluding steroid dienone is 2. The van der Waals surface area contributed by atoms with Crippen LogP contribution >= 0.6 is 0 Å². The lowest BCUT2D eigenvalue weighted by atomic mass is 9.97. The Hall–Kier alpha value is -2.89. The van der Waals surface area contributed by atoms with Gasteiger partial charge >= 0.3 is 0 Å². The van der Waals surface area contributed by atoms with E-state index in [1.807, 2.05) is 18.2 Å². The van der Waals surface area contributed by atoms with Crippen LogP contribution < -0.4 is 20.3 Å². The summed E-state index contributed by atoms with van der Waals surface area (Å²) in [6, 6.07) is 12.6. The fourth-order valence-electron chi connectivity index (χ4n) is 4.50. The van der Waals surface area contributed by atoms with Crippen LogP contribution in [0, 0.1) is 16.7 Å². The number of nitriles is 1. The van der Waals surface area contributed by atoms with Gasteiger partial charge in [-0.2, -0.15) is 5.26 Å². The minimum atomic E-state index is -1.06. The number of rotatable bonds is 6. The van der Waals surface area contributed by atoms with E-state index in [1.165, 1.54) is 11.4 Å². The summed E-state index contributed by atoms with van der Waals surface area (Å²) < 4.78 is 16.6. The topological polar surface area (TPSA) is 76.7 Å². The number of fused-ring (bicyclic) bond motifs is 1. The number of aromatic nitrogens is 1. The number of piperazine rings is 1. The SMILES string of the molecule is CS(=O)Nc1ccc(N2CCN(Cc3cc4c(n3CC(C)(C)C)=NC(C#N)=CCC=4)CC2)cc1. The number of hydrogen-bond acceptors (Lipinski definition) is 5. The fourth-order valence-corrected chi connectivity index (χ4v) is 4.97. The Labute approximate surface area is 204 Å². The molecule has 0 amide bonds. The summed E-state index contributed by atoms with van der Waals surface area (Å²) in [7, 11) is -1.06. The minimum absolute atomic E-state index is 0.101. The van der Waals surface area contributed by atoms with Crippen molar-refractivity contribution < 1.29 is 4.21 Å². The van der Waals surface area contributed by atoms with E-state index in [9.17, 15) is 9.47 Å². The molecule has 0 bridgehead atoms. The number of hydrogen-bond donors (Lipinski definition) is 1. The minimum Gasteiger partial charge on any atom is -0.369 e. The summed E-state index contributed by atoms with van der Waals surface area (Å²) in [5, 5.41) is 10.6. The van der Waals surface area contributed by atoms with Gasteiger partial charge in [0.05, 0.1) is 0 Å². The van der Waals surface area contributed by atoms with Crippen LogP contribution in [-0.4, -0.2) is 46.1 Å². The van der Waals surface area contributed by atoms with Crippen molar-refractivity contribution in [2.75, 3.05) is 42.1 Å². The first-order chi connectivity index (χ1) is 16.2. The fraction of sp³-hybridized carbons (Fsp3) is 0.462. The Morgan fingerprint density at radius 3 is 2.44 bits per heavy atom. The van der Waals surface area contributed by atoms with E-state index >= 15 is 0 Å². The second-order valence-corrected chi connectivity index (χ2v) is 11.3. The summed E-state index contributed by atoms with van der Waals surface area (Å²) in [5.74, 6) is 0. The zero-order chi connectivity index (χ0) is 24.3. The molecule has 0 radical (unpaired) electrons. The number of nitrogens with one attached hydrogen (secondary N) is 1. The smallest absolute Gasteiger partial charge is 0.141 e. The lowest BCUT2D eigenvalue weighted by molar-refractivity contribution is 0.237. The zero-order valence-corrected chi connectivity index (χ0v) is 21.4. The van der Waals surface area contributed by atoms with Crippen LogP contribution in [0.3, 0.4) is 0 Å². The molecule has 8 heteroatoms. The van der Waals surface area contributed by atoms with Crippen molar-refractivity contribution in [2.24, 2.45) is 10.4 Å². The standard InChI is InChI=1S/C26H34N6OS/c1-26(2,3)19-32-24(16-20-6-5-7-22(17-27)28-25(20)32)18-30-12-14-31(15-13-30)23-10-8-21(9-11-23)29-34(4)33/h6-11,16,29H,5,12-15,18-19H2,1-4H3. The molecular weight excluding hydrogens is 444 g/mol. The maximum atomic E-state index is 11.4. The van der Waals surface area contributed by atoms with E-state index < -0.39 is 11.0 Å². The molecular formula is C26H34N6OS. The molecule has 1 aromatic carbocycles. The molecule has 1 unspecified atom stereocenters. The third kappa shape index (κ3) is 5.96. The average Bonchev–Trinajstić information content (AvgIpc) is 2.95. The van der Waals surface area contributed by atoms with Gasteiger partial charge in [0.25, 0.3) is 0 Å². The Balaban J connectivity index is 1.49. The van der Waals surface area contributed by atoms with Crippen molar-refractivity contribution in [2.45, 2.75) is 40.3 Å². The average molecular weight is 479 g/mol. The second kappa shape index (κ2) is 10.2. The molecule has 4 rings (SSSR count). The second-order valence-electron chi connectivity index (χ2n) is 10.2. The quantitative estimate of drug-likeness (QED) is 0.693. The van der Waals surface area contributed by atoms with Gasteiger partial charge in [0, 0.05) is 67.8 Å². The number of nitrogens with zero attached hydrogens (tertiary/aromatic N) is 5. The maximum Gasteiger partial charge on any atom is 0.141 e. The Morgan fingerprint density at radius 1 is 1.12 bits per heavy atom. The highest BCUT2D eigenvalue weighted by atomic mass is 32.2. The van der Waals surface area contributed by atoms with Crippen molar-refractivity contribution >= 4 is 28.4 Å². The van der Waals surface area contributed by atoms with Crippen molar-refractivity contribution in [3.8, 4) is 6.07 Å². The monoisotopic (exact) mass is 478 g/mol. The molecule has 1 atom stereocenters. The Morgan fingerprint density at radius 2 is 1.82 bits per heavy atom. The lowest BCUT2D eigenvalue weighted by Crippen LogP contribution is -2.46. The maximum absolute atomic E-state index is 11.4. The van der Waals surface area contributed by atoms with Crippen molar-refractivity contribution in [1.29, 1.82) is 5.26 Å². The molecule has 180 valence electrons. The van der Waals surface area contributed by atoms with Gasteiger partial charge < -0.3 is 14.2 Å². The first kappa shape index (κ1) is 24.2. The zero-order valence-electron chi connectivity index (χ0n) is 20.5. The third-order valence-electron chi connectivity index (χ3n) is 6.06. The molecule has 1 N–H and O–H groups in total. The first-order valence-corrected chi connectivity index (χ1v) is 13.3. The van der Waals surface area contributed by atoms with Gasteiger partial charge in [-0.25, -0.2) is 9.20 Å². The highest BCUT2D eigenvalue weighted by Crippen LogP contribution is 2.21. The molecule has 2 aromatic rings. The summed E-state index contributed by atoms with van der Waals surface area (Å²) in [6.07, 6.45) is 6.44.